The summed E-state index contributed by atoms with van der Waals surface area (Å²) < 4.78 is 11.7. The molecule has 1 aromatic heterocycles. The molecule has 4 rings (SSSR count). The van der Waals surface area contributed by atoms with Gasteiger partial charge in [0.15, 0.2) is 5.75 Å². The van der Waals surface area contributed by atoms with Gasteiger partial charge in [0.05, 0.1) is 20.0 Å². The highest BCUT2D eigenvalue weighted by Gasteiger charge is 2.50. The summed E-state index contributed by atoms with van der Waals surface area (Å²) in [5.41, 5.74) is 0.669. The molecule has 164 valence electrons. The van der Waals surface area contributed by atoms with Crippen LogP contribution >= 0.6 is 0 Å². The number of pyridine rings is 1. The summed E-state index contributed by atoms with van der Waals surface area (Å²) in [5.74, 6) is 3.43. The number of nitrogens with zero attached hydrogens (tertiary/aromatic N) is 3. The fourth-order valence-corrected chi connectivity index (χ4v) is 5.77. The van der Waals surface area contributed by atoms with Gasteiger partial charge in [-0.1, -0.05) is 0 Å². The number of hydrogen-bond acceptors (Lipinski definition) is 5. The number of hydrogen-bond donors (Lipinski definition) is 0. The molecule has 0 spiro atoms. The maximum absolute atomic E-state index is 12.9. The first kappa shape index (κ1) is 21.1. The smallest absolute Gasteiger partial charge is 0.414 e. The second-order valence-electron chi connectivity index (χ2n) is 10.3. The van der Waals surface area contributed by atoms with Crippen LogP contribution in [0.4, 0.5) is 4.79 Å². The first-order valence-corrected chi connectivity index (χ1v) is 11.0. The van der Waals surface area contributed by atoms with Crippen LogP contribution < -0.4 is 4.74 Å². The van der Waals surface area contributed by atoms with E-state index in [0.717, 1.165) is 24.2 Å². The summed E-state index contributed by atoms with van der Waals surface area (Å²) in [7, 11) is 7.27. The molecule has 0 aliphatic heterocycles. The maximum atomic E-state index is 12.9. The van der Waals surface area contributed by atoms with Gasteiger partial charge in [-0.05, 0) is 67.9 Å². The van der Waals surface area contributed by atoms with Crippen molar-refractivity contribution in [2.75, 3.05) is 34.9 Å². The number of rotatable bonds is 6. The minimum Gasteiger partial charge on any atom is -0.415 e. The van der Waals surface area contributed by atoms with Gasteiger partial charge in [-0.25, -0.2) is 4.79 Å². The van der Waals surface area contributed by atoms with Crippen LogP contribution in [0.15, 0.2) is 18.3 Å². The van der Waals surface area contributed by atoms with Crippen LogP contribution in [0.25, 0.3) is 0 Å². The SMILES string of the molecule is CN(C)C(=O)Oc1cccnc1C[N+](C)(C)COC(=O)[C@@H]1C[C@@H]2C[C@@H]3C[C@@H]2C[C@@H]1C3. The van der Waals surface area contributed by atoms with Crippen molar-refractivity contribution in [3.63, 3.8) is 0 Å². The van der Waals surface area contributed by atoms with Gasteiger partial charge in [-0.2, -0.15) is 0 Å². The van der Waals surface area contributed by atoms with Crippen LogP contribution in [0.2, 0.25) is 0 Å². The summed E-state index contributed by atoms with van der Waals surface area (Å²) >= 11 is 0. The van der Waals surface area contributed by atoms with E-state index in [1.807, 2.05) is 14.1 Å². The standard InChI is InChI=1S/C23H34N3O4/c1-25(2)23(28)30-21-6-5-7-24-20(21)13-26(3,4)14-29-22(27)19-12-17-9-15-8-16(17)11-18(19)10-15/h5-7,15-19H,8-14H2,1-4H3/q+1/t15-,16+,17-,18-,19+/m0/s1. The average Bonchev–Trinajstić information content (AvgIpc) is 2.89. The van der Waals surface area contributed by atoms with Crippen LogP contribution in [-0.4, -0.2) is 61.4 Å². The van der Waals surface area contributed by atoms with Gasteiger partial charge >= 0.3 is 12.1 Å². The van der Waals surface area contributed by atoms with E-state index in [-0.39, 0.29) is 18.6 Å². The molecule has 0 N–H and O–H groups in total. The summed E-state index contributed by atoms with van der Waals surface area (Å²) in [6.07, 6.45) is 7.39. The number of aromatic nitrogens is 1. The predicted octanol–water partition coefficient (Wildman–Crippen LogP) is 3.29. The zero-order chi connectivity index (χ0) is 21.5. The van der Waals surface area contributed by atoms with Crippen molar-refractivity contribution in [3.8, 4) is 5.75 Å². The lowest BCUT2D eigenvalue weighted by Gasteiger charge is -2.39. The fourth-order valence-electron chi connectivity index (χ4n) is 5.77. The molecule has 0 aromatic carbocycles. The Morgan fingerprint density at radius 1 is 1.10 bits per heavy atom. The third-order valence-electron chi connectivity index (χ3n) is 7.15. The van der Waals surface area contributed by atoms with Crippen LogP contribution in [0.1, 0.15) is 37.8 Å². The molecule has 1 aromatic rings. The minimum atomic E-state index is -0.442. The van der Waals surface area contributed by atoms with Crippen LogP contribution in [0, 0.1) is 29.6 Å². The Balaban J connectivity index is 1.35. The topological polar surface area (TPSA) is 68.7 Å². The van der Waals surface area contributed by atoms with E-state index in [4.69, 9.17) is 9.47 Å². The molecule has 3 bridgehead atoms. The fraction of sp³-hybridized carbons (Fsp3) is 0.696. The van der Waals surface area contributed by atoms with Crippen molar-refractivity contribution in [3.05, 3.63) is 24.0 Å². The molecule has 5 atom stereocenters. The molecular formula is C23H34N3O4+. The first-order valence-electron chi connectivity index (χ1n) is 11.0. The summed E-state index contributed by atoms with van der Waals surface area (Å²) in [5, 5.41) is 0. The summed E-state index contributed by atoms with van der Waals surface area (Å²) in [4.78, 5) is 30.6. The average molecular weight is 417 g/mol. The van der Waals surface area contributed by atoms with Crippen molar-refractivity contribution in [1.29, 1.82) is 0 Å². The van der Waals surface area contributed by atoms with Crippen molar-refractivity contribution in [1.82, 2.24) is 9.88 Å². The van der Waals surface area contributed by atoms with Gasteiger partial charge in [0.1, 0.15) is 12.2 Å². The van der Waals surface area contributed by atoms with E-state index in [1.54, 1.807) is 32.4 Å². The molecule has 3 saturated carbocycles. The lowest BCUT2D eigenvalue weighted by molar-refractivity contribution is -0.920. The van der Waals surface area contributed by atoms with Gasteiger partial charge in [0, 0.05) is 20.3 Å². The van der Waals surface area contributed by atoms with E-state index in [9.17, 15) is 9.59 Å². The Labute approximate surface area is 178 Å². The number of ether oxygens (including phenoxy) is 2. The molecule has 7 nitrogen and oxygen atoms in total. The van der Waals surface area contributed by atoms with Gasteiger partial charge in [0.25, 0.3) is 0 Å². The first-order chi connectivity index (χ1) is 14.2. The minimum absolute atomic E-state index is 0.0301. The Kier molecular flexibility index (Phi) is 5.75. The third-order valence-corrected chi connectivity index (χ3v) is 7.15. The number of quaternary nitrogens is 1. The normalized spacial score (nSPS) is 29.5. The number of carbonyl (C=O) groups is 2. The molecule has 0 unspecified atom stereocenters. The molecule has 3 fully saturated rings. The van der Waals surface area contributed by atoms with Crippen molar-refractivity contribution >= 4 is 12.1 Å². The highest BCUT2D eigenvalue weighted by Crippen LogP contribution is 2.57. The highest BCUT2D eigenvalue weighted by molar-refractivity contribution is 5.73. The zero-order valence-corrected chi connectivity index (χ0v) is 18.5. The van der Waals surface area contributed by atoms with E-state index in [1.165, 1.54) is 30.6 Å². The van der Waals surface area contributed by atoms with E-state index in [2.05, 4.69) is 4.98 Å². The van der Waals surface area contributed by atoms with Crippen molar-refractivity contribution in [2.45, 2.75) is 38.6 Å². The molecule has 1 heterocycles. The van der Waals surface area contributed by atoms with E-state index < -0.39 is 6.09 Å². The predicted molar refractivity (Wildman–Crippen MR) is 111 cm³/mol. The highest BCUT2D eigenvalue weighted by atomic mass is 16.6. The second-order valence-corrected chi connectivity index (χ2v) is 10.3. The lowest BCUT2D eigenvalue weighted by atomic mass is 9.67. The third kappa shape index (κ3) is 4.46. The Morgan fingerprint density at radius 2 is 1.80 bits per heavy atom. The van der Waals surface area contributed by atoms with Crippen LogP contribution in [0.5, 0.6) is 5.75 Å². The maximum Gasteiger partial charge on any atom is 0.414 e. The number of carbonyl (C=O) groups excluding carboxylic acids is 2. The molecule has 0 saturated heterocycles. The summed E-state index contributed by atoms with van der Waals surface area (Å²) in [6, 6.07) is 3.48. The number of fused-ring (bicyclic) bond motifs is 2. The molecule has 3 aliphatic rings. The van der Waals surface area contributed by atoms with Crippen molar-refractivity contribution < 1.29 is 23.5 Å². The van der Waals surface area contributed by atoms with Crippen LogP contribution in [-0.2, 0) is 16.1 Å². The largest absolute Gasteiger partial charge is 0.415 e. The lowest BCUT2D eigenvalue weighted by Crippen LogP contribution is -2.44. The van der Waals surface area contributed by atoms with Gasteiger partial charge < -0.3 is 14.4 Å². The van der Waals surface area contributed by atoms with E-state index in [0.29, 0.717) is 28.4 Å². The van der Waals surface area contributed by atoms with Gasteiger partial charge in [-0.15, -0.1) is 0 Å². The molecule has 0 radical (unpaired) electrons. The monoisotopic (exact) mass is 416 g/mol. The molecule has 7 heteroatoms. The van der Waals surface area contributed by atoms with Gasteiger partial charge in [0.2, 0.25) is 6.73 Å². The Bertz CT molecular complexity index is 807. The molecule has 30 heavy (non-hydrogen) atoms. The number of esters is 1. The van der Waals surface area contributed by atoms with Gasteiger partial charge in [-0.3, -0.25) is 14.3 Å². The molecule has 1 amide bonds. The number of amides is 1. The van der Waals surface area contributed by atoms with Crippen LogP contribution in [0.3, 0.4) is 0 Å². The van der Waals surface area contributed by atoms with Crippen molar-refractivity contribution in [2.24, 2.45) is 29.6 Å². The zero-order valence-electron chi connectivity index (χ0n) is 18.5. The second kappa shape index (κ2) is 8.17. The Morgan fingerprint density at radius 3 is 2.53 bits per heavy atom. The quantitative estimate of drug-likeness (QED) is 0.404. The Hall–Kier alpha value is -2.15. The molecular weight excluding hydrogens is 382 g/mol. The van der Waals surface area contributed by atoms with E-state index >= 15 is 0 Å². The summed E-state index contributed by atoms with van der Waals surface area (Å²) in [6.45, 7) is 0.766. The molecule has 3 aliphatic carbocycles.